The van der Waals surface area contributed by atoms with Gasteiger partial charge in [0.15, 0.2) is 0 Å². The van der Waals surface area contributed by atoms with Crippen molar-refractivity contribution in [3.63, 3.8) is 0 Å². The SMILES string of the molecule is CC(C)CNCC#N. The molecule has 0 saturated carbocycles. The maximum atomic E-state index is 8.07. The zero-order chi connectivity index (χ0) is 6.41. The molecular weight excluding hydrogens is 100 g/mol. The summed E-state index contributed by atoms with van der Waals surface area (Å²) in [6.07, 6.45) is 0. The molecule has 46 valence electrons. The molecule has 0 atom stereocenters. The smallest absolute Gasteiger partial charge is 0.0841 e. The molecule has 0 amide bonds. The van der Waals surface area contributed by atoms with Crippen LogP contribution in [0.4, 0.5) is 0 Å². The quantitative estimate of drug-likeness (QED) is 0.432. The summed E-state index contributed by atoms with van der Waals surface area (Å²) >= 11 is 0. The lowest BCUT2D eigenvalue weighted by Crippen LogP contribution is -2.19. The molecule has 0 aliphatic rings. The molecule has 0 unspecified atom stereocenters. The third-order valence-electron chi connectivity index (χ3n) is 0.757. The lowest BCUT2D eigenvalue weighted by molar-refractivity contribution is 0.579. The van der Waals surface area contributed by atoms with Gasteiger partial charge in [-0.2, -0.15) is 5.26 Å². The molecule has 0 aromatic heterocycles. The molecule has 2 nitrogen and oxygen atoms in total. The molecule has 0 aromatic rings. The van der Waals surface area contributed by atoms with E-state index in [1.54, 1.807) is 0 Å². The van der Waals surface area contributed by atoms with E-state index in [-0.39, 0.29) is 0 Å². The van der Waals surface area contributed by atoms with Crippen molar-refractivity contribution in [2.75, 3.05) is 13.1 Å². The number of hydrogen-bond donors (Lipinski definition) is 1. The highest BCUT2D eigenvalue weighted by Gasteiger charge is 1.88. The van der Waals surface area contributed by atoms with E-state index in [1.165, 1.54) is 0 Å². The Hall–Kier alpha value is -0.550. The normalized spacial score (nSPS) is 9.25. The zero-order valence-electron chi connectivity index (χ0n) is 5.44. The van der Waals surface area contributed by atoms with Gasteiger partial charge in [0, 0.05) is 0 Å². The van der Waals surface area contributed by atoms with Crippen LogP contribution in [-0.4, -0.2) is 13.1 Å². The number of nitriles is 1. The van der Waals surface area contributed by atoms with Crippen LogP contribution in [0.3, 0.4) is 0 Å². The second-order valence-corrected chi connectivity index (χ2v) is 2.18. The number of nitrogens with zero attached hydrogens (tertiary/aromatic N) is 1. The van der Waals surface area contributed by atoms with Gasteiger partial charge < -0.3 is 5.32 Å². The average molecular weight is 112 g/mol. The first-order chi connectivity index (χ1) is 3.77. The van der Waals surface area contributed by atoms with E-state index in [4.69, 9.17) is 5.26 Å². The number of rotatable bonds is 3. The van der Waals surface area contributed by atoms with Gasteiger partial charge in [0.2, 0.25) is 0 Å². The van der Waals surface area contributed by atoms with Gasteiger partial charge in [-0.25, -0.2) is 0 Å². The summed E-state index contributed by atoms with van der Waals surface area (Å²) in [6.45, 7) is 5.64. The summed E-state index contributed by atoms with van der Waals surface area (Å²) in [5, 5.41) is 11.0. The van der Waals surface area contributed by atoms with Crippen molar-refractivity contribution in [1.82, 2.24) is 5.32 Å². The molecule has 1 N–H and O–H groups in total. The molecule has 0 heterocycles. The number of nitrogens with one attached hydrogen (secondary N) is 1. The third kappa shape index (κ3) is 5.45. The maximum absolute atomic E-state index is 8.07. The van der Waals surface area contributed by atoms with Crippen LogP contribution in [0.1, 0.15) is 13.8 Å². The van der Waals surface area contributed by atoms with Crippen LogP contribution in [0.5, 0.6) is 0 Å². The summed E-state index contributed by atoms with van der Waals surface area (Å²) in [5.41, 5.74) is 0. The van der Waals surface area contributed by atoms with Crippen molar-refractivity contribution in [3.8, 4) is 6.07 Å². The summed E-state index contributed by atoms with van der Waals surface area (Å²) in [6, 6.07) is 2.01. The fraction of sp³-hybridized carbons (Fsp3) is 0.833. The van der Waals surface area contributed by atoms with E-state index in [1.807, 2.05) is 6.07 Å². The second-order valence-electron chi connectivity index (χ2n) is 2.18. The molecular formula is C6H12N2. The van der Waals surface area contributed by atoms with E-state index < -0.39 is 0 Å². The van der Waals surface area contributed by atoms with Crippen LogP contribution in [0.15, 0.2) is 0 Å². The van der Waals surface area contributed by atoms with Crippen molar-refractivity contribution in [2.24, 2.45) is 5.92 Å². The van der Waals surface area contributed by atoms with Crippen molar-refractivity contribution < 1.29 is 0 Å². The predicted molar refractivity (Wildman–Crippen MR) is 33.3 cm³/mol. The Morgan fingerprint density at radius 3 is 2.62 bits per heavy atom. The molecule has 0 radical (unpaired) electrons. The van der Waals surface area contributed by atoms with Gasteiger partial charge in [-0.15, -0.1) is 0 Å². The van der Waals surface area contributed by atoms with E-state index in [9.17, 15) is 0 Å². The van der Waals surface area contributed by atoms with E-state index in [0.717, 1.165) is 6.54 Å². The largest absolute Gasteiger partial charge is 0.304 e. The standard InChI is InChI=1S/C6H12N2/c1-6(2)5-8-4-3-7/h6,8H,4-5H2,1-2H3. The van der Waals surface area contributed by atoms with Crippen LogP contribution in [-0.2, 0) is 0 Å². The Balaban J connectivity index is 2.85. The summed E-state index contributed by atoms with van der Waals surface area (Å²) in [5.74, 6) is 0.642. The monoisotopic (exact) mass is 112 g/mol. The van der Waals surface area contributed by atoms with Crippen LogP contribution in [0.2, 0.25) is 0 Å². The summed E-state index contributed by atoms with van der Waals surface area (Å²) in [7, 11) is 0. The molecule has 0 spiro atoms. The lowest BCUT2D eigenvalue weighted by Gasteiger charge is -2.00. The Morgan fingerprint density at radius 1 is 1.62 bits per heavy atom. The lowest BCUT2D eigenvalue weighted by atomic mass is 10.2. The van der Waals surface area contributed by atoms with Crippen LogP contribution in [0, 0.1) is 17.2 Å². The first-order valence-electron chi connectivity index (χ1n) is 2.85. The van der Waals surface area contributed by atoms with Gasteiger partial charge in [-0.3, -0.25) is 0 Å². The Morgan fingerprint density at radius 2 is 2.25 bits per heavy atom. The fourth-order valence-electron chi connectivity index (χ4n) is 0.417. The highest BCUT2D eigenvalue weighted by Crippen LogP contribution is 1.84. The minimum Gasteiger partial charge on any atom is -0.304 e. The molecule has 2 heteroatoms. The molecule has 0 bridgehead atoms. The van der Waals surface area contributed by atoms with Gasteiger partial charge >= 0.3 is 0 Å². The van der Waals surface area contributed by atoms with E-state index in [2.05, 4.69) is 19.2 Å². The third-order valence-corrected chi connectivity index (χ3v) is 0.757. The summed E-state index contributed by atoms with van der Waals surface area (Å²) < 4.78 is 0. The average Bonchev–Trinajstić information content (AvgIpc) is 1.66. The van der Waals surface area contributed by atoms with Gasteiger partial charge in [0.05, 0.1) is 12.6 Å². The highest BCUT2D eigenvalue weighted by molar-refractivity contribution is 4.72. The molecule has 0 fully saturated rings. The molecule has 0 aromatic carbocycles. The topological polar surface area (TPSA) is 35.8 Å². The Bertz CT molecular complexity index is 81.0. The van der Waals surface area contributed by atoms with Gasteiger partial charge in [-0.1, -0.05) is 13.8 Å². The Kier molecular flexibility index (Phi) is 4.29. The fourth-order valence-corrected chi connectivity index (χ4v) is 0.417. The maximum Gasteiger partial charge on any atom is 0.0841 e. The molecule has 0 rings (SSSR count). The van der Waals surface area contributed by atoms with Crippen LogP contribution < -0.4 is 5.32 Å². The zero-order valence-corrected chi connectivity index (χ0v) is 5.44. The van der Waals surface area contributed by atoms with E-state index in [0.29, 0.717) is 12.5 Å². The molecule has 8 heavy (non-hydrogen) atoms. The molecule has 0 aliphatic carbocycles. The molecule has 0 saturated heterocycles. The number of hydrogen-bond acceptors (Lipinski definition) is 2. The first-order valence-corrected chi connectivity index (χ1v) is 2.85. The minimum atomic E-state index is 0.470. The van der Waals surface area contributed by atoms with Gasteiger partial charge in [-0.05, 0) is 12.5 Å². The first kappa shape index (κ1) is 7.45. The highest BCUT2D eigenvalue weighted by atomic mass is 14.8. The predicted octanol–water partition coefficient (Wildman–Crippen LogP) is 0.756. The van der Waals surface area contributed by atoms with E-state index >= 15 is 0 Å². The molecule has 0 aliphatic heterocycles. The second kappa shape index (κ2) is 4.61. The van der Waals surface area contributed by atoms with Crippen molar-refractivity contribution in [1.29, 1.82) is 5.26 Å². The summed E-state index contributed by atoms with van der Waals surface area (Å²) in [4.78, 5) is 0. The van der Waals surface area contributed by atoms with Crippen molar-refractivity contribution >= 4 is 0 Å². The van der Waals surface area contributed by atoms with Crippen molar-refractivity contribution in [2.45, 2.75) is 13.8 Å². The van der Waals surface area contributed by atoms with Gasteiger partial charge in [0.25, 0.3) is 0 Å². The van der Waals surface area contributed by atoms with Crippen LogP contribution in [0.25, 0.3) is 0 Å². The Labute approximate surface area is 50.5 Å². The van der Waals surface area contributed by atoms with Crippen molar-refractivity contribution in [3.05, 3.63) is 0 Å². The van der Waals surface area contributed by atoms with Gasteiger partial charge in [0.1, 0.15) is 0 Å². The minimum absolute atomic E-state index is 0.470. The van der Waals surface area contributed by atoms with Crippen LogP contribution >= 0.6 is 0 Å².